The van der Waals surface area contributed by atoms with E-state index in [-0.39, 0.29) is 11.6 Å². The van der Waals surface area contributed by atoms with Gasteiger partial charge in [0.2, 0.25) is 0 Å². The molecule has 0 amide bonds. The van der Waals surface area contributed by atoms with E-state index in [0.717, 1.165) is 48.3 Å². The second-order valence-electron chi connectivity index (χ2n) is 6.81. The molecule has 0 bridgehead atoms. The van der Waals surface area contributed by atoms with Crippen molar-refractivity contribution in [2.24, 2.45) is 0 Å². The van der Waals surface area contributed by atoms with Gasteiger partial charge in [-0.15, -0.1) is 0 Å². The maximum atomic E-state index is 13.1. The quantitative estimate of drug-likeness (QED) is 0.625. The second kappa shape index (κ2) is 7.80. The number of benzene rings is 2. The van der Waals surface area contributed by atoms with Gasteiger partial charge < -0.3 is 0 Å². The summed E-state index contributed by atoms with van der Waals surface area (Å²) in [7, 11) is 0. The first-order valence-electron chi connectivity index (χ1n) is 9.04. The van der Waals surface area contributed by atoms with E-state index in [2.05, 4.69) is 22.0 Å². The topological polar surface area (TPSA) is 16.1 Å². The van der Waals surface area contributed by atoms with Crippen LogP contribution < -0.4 is 0 Å². The molecule has 1 aliphatic rings. The average molecular weight is 362 g/mol. The van der Waals surface area contributed by atoms with Gasteiger partial charge >= 0.3 is 0 Å². The fraction of sp³-hybridized carbons (Fsp3) is 0.174. The maximum absolute atomic E-state index is 13.1. The van der Waals surface area contributed by atoms with Gasteiger partial charge in [-0.25, -0.2) is 8.78 Å². The van der Waals surface area contributed by atoms with Gasteiger partial charge in [0.25, 0.3) is 0 Å². The lowest BCUT2D eigenvalue weighted by molar-refractivity contribution is 0.293. The minimum atomic E-state index is -0.236. The van der Waals surface area contributed by atoms with Crippen LogP contribution in [0.15, 0.2) is 73.1 Å². The van der Waals surface area contributed by atoms with E-state index in [1.54, 1.807) is 18.3 Å². The first-order valence-corrected chi connectivity index (χ1v) is 9.04. The molecule has 4 rings (SSSR count). The summed E-state index contributed by atoms with van der Waals surface area (Å²) < 4.78 is 26.2. The summed E-state index contributed by atoms with van der Waals surface area (Å²) in [5, 5.41) is 0. The molecule has 0 aliphatic carbocycles. The SMILES string of the molecule is Fc1ccc(C2=CCN(Cc3cncc(-c4ccc(F)cc4)c3)CC2)cc1. The van der Waals surface area contributed by atoms with E-state index >= 15 is 0 Å². The third-order valence-corrected chi connectivity index (χ3v) is 4.89. The Kier molecular flexibility index (Phi) is 5.07. The third kappa shape index (κ3) is 4.29. The van der Waals surface area contributed by atoms with Crippen molar-refractivity contribution in [3.63, 3.8) is 0 Å². The molecule has 2 heterocycles. The standard InChI is InChI=1S/C23H20F2N2/c24-22-5-1-18(2-6-22)20-9-11-27(12-10-20)16-17-13-21(15-26-14-17)19-3-7-23(25)8-4-19/h1-9,13-15H,10-12,16H2. The molecular weight excluding hydrogens is 342 g/mol. The van der Waals surface area contributed by atoms with Crippen LogP contribution in [0.5, 0.6) is 0 Å². The molecule has 0 saturated carbocycles. The lowest BCUT2D eigenvalue weighted by Crippen LogP contribution is -2.28. The lowest BCUT2D eigenvalue weighted by atomic mass is 9.99. The third-order valence-electron chi connectivity index (χ3n) is 4.89. The minimum absolute atomic E-state index is 0.203. The summed E-state index contributed by atoms with van der Waals surface area (Å²) >= 11 is 0. The van der Waals surface area contributed by atoms with Gasteiger partial charge in [0.15, 0.2) is 0 Å². The van der Waals surface area contributed by atoms with Crippen molar-refractivity contribution >= 4 is 5.57 Å². The number of hydrogen-bond acceptors (Lipinski definition) is 2. The molecule has 2 aromatic carbocycles. The summed E-state index contributed by atoms with van der Waals surface area (Å²) in [6.45, 7) is 2.62. The largest absolute Gasteiger partial charge is 0.295 e. The molecular formula is C23H20F2N2. The van der Waals surface area contributed by atoms with Gasteiger partial charge in [-0.3, -0.25) is 9.88 Å². The molecule has 0 spiro atoms. The monoisotopic (exact) mass is 362 g/mol. The van der Waals surface area contributed by atoms with Crippen molar-refractivity contribution in [2.45, 2.75) is 13.0 Å². The van der Waals surface area contributed by atoms with Crippen LogP contribution in [0.2, 0.25) is 0 Å². The van der Waals surface area contributed by atoms with Gasteiger partial charge in [0.1, 0.15) is 11.6 Å². The fourth-order valence-electron chi connectivity index (χ4n) is 3.41. The molecule has 136 valence electrons. The van der Waals surface area contributed by atoms with Crippen LogP contribution >= 0.6 is 0 Å². The smallest absolute Gasteiger partial charge is 0.123 e. The number of pyridine rings is 1. The number of rotatable bonds is 4. The van der Waals surface area contributed by atoms with Gasteiger partial charge in [-0.1, -0.05) is 30.3 Å². The molecule has 4 heteroatoms. The summed E-state index contributed by atoms with van der Waals surface area (Å²) in [4.78, 5) is 6.71. The van der Waals surface area contributed by atoms with Crippen LogP contribution in [0, 0.1) is 11.6 Å². The number of nitrogens with zero attached hydrogens (tertiary/aromatic N) is 2. The molecule has 2 nitrogen and oxygen atoms in total. The van der Waals surface area contributed by atoms with Crippen molar-refractivity contribution < 1.29 is 8.78 Å². The Labute approximate surface area is 157 Å². The van der Waals surface area contributed by atoms with Crippen LogP contribution in [-0.4, -0.2) is 23.0 Å². The van der Waals surface area contributed by atoms with E-state index in [1.165, 1.54) is 29.8 Å². The van der Waals surface area contributed by atoms with Gasteiger partial charge in [-0.05, 0) is 59.0 Å². The Morgan fingerprint density at radius 3 is 2.11 bits per heavy atom. The molecule has 0 saturated heterocycles. The zero-order chi connectivity index (χ0) is 18.6. The van der Waals surface area contributed by atoms with E-state index in [9.17, 15) is 8.78 Å². The molecule has 0 N–H and O–H groups in total. The van der Waals surface area contributed by atoms with E-state index in [0.29, 0.717) is 0 Å². The molecule has 1 aromatic heterocycles. The summed E-state index contributed by atoms with van der Waals surface area (Å²) in [5.41, 5.74) is 5.45. The van der Waals surface area contributed by atoms with Crippen LogP contribution in [0.25, 0.3) is 16.7 Å². The van der Waals surface area contributed by atoms with Crippen LogP contribution in [0.1, 0.15) is 17.5 Å². The summed E-state index contributed by atoms with van der Waals surface area (Å²) in [6.07, 6.45) is 6.84. The fourth-order valence-corrected chi connectivity index (χ4v) is 3.41. The maximum Gasteiger partial charge on any atom is 0.123 e. The summed E-state index contributed by atoms with van der Waals surface area (Å²) in [6, 6.07) is 15.3. The van der Waals surface area contributed by atoms with Crippen molar-refractivity contribution in [1.82, 2.24) is 9.88 Å². The van der Waals surface area contributed by atoms with E-state index < -0.39 is 0 Å². The highest BCUT2D eigenvalue weighted by atomic mass is 19.1. The first-order chi connectivity index (χ1) is 13.2. The van der Waals surface area contributed by atoms with Crippen LogP contribution in [0.3, 0.4) is 0 Å². The van der Waals surface area contributed by atoms with Crippen LogP contribution in [-0.2, 0) is 6.54 Å². The zero-order valence-corrected chi connectivity index (χ0v) is 14.9. The molecule has 0 fully saturated rings. The summed E-state index contributed by atoms with van der Waals surface area (Å²) in [5.74, 6) is -0.440. The predicted octanol–water partition coefficient (Wildman–Crippen LogP) is 5.32. The molecule has 0 unspecified atom stereocenters. The Bertz CT molecular complexity index is 947. The van der Waals surface area contributed by atoms with E-state index in [1.807, 2.05) is 18.3 Å². The number of aromatic nitrogens is 1. The zero-order valence-electron chi connectivity index (χ0n) is 14.9. The highest BCUT2D eigenvalue weighted by Crippen LogP contribution is 2.24. The Hall–Kier alpha value is -2.85. The Morgan fingerprint density at radius 2 is 1.48 bits per heavy atom. The molecule has 3 aromatic rings. The van der Waals surface area contributed by atoms with Crippen molar-refractivity contribution in [3.05, 3.63) is 95.8 Å². The average Bonchev–Trinajstić information content (AvgIpc) is 2.70. The van der Waals surface area contributed by atoms with E-state index in [4.69, 9.17) is 0 Å². The lowest BCUT2D eigenvalue weighted by Gasteiger charge is -2.26. The normalized spacial score (nSPS) is 14.8. The number of halogens is 2. The second-order valence-corrected chi connectivity index (χ2v) is 6.81. The highest BCUT2D eigenvalue weighted by Gasteiger charge is 2.14. The van der Waals surface area contributed by atoms with Crippen molar-refractivity contribution in [2.75, 3.05) is 13.1 Å². The van der Waals surface area contributed by atoms with Crippen molar-refractivity contribution in [1.29, 1.82) is 0 Å². The van der Waals surface area contributed by atoms with Gasteiger partial charge in [-0.2, -0.15) is 0 Å². The minimum Gasteiger partial charge on any atom is -0.295 e. The van der Waals surface area contributed by atoms with Gasteiger partial charge in [0.05, 0.1) is 0 Å². The Balaban J connectivity index is 1.44. The highest BCUT2D eigenvalue weighted by molar-refractivity contribution is 5.66. The molecule has 1 aliphatic heterocycles. The molecule has 0 radical (unpaired) electrons. The number of hydrogen-bond donors (Lipinski definition) is 0. The molecule has 27 heavy (non-hydrogen) atoms. The first kappa shape index (κ1) is 17.6. The Morgan fingerprint density at radius 1 is 0.815 bits per heavy atom. The molecule has 0 atom stereocenters. The van der Waals surface area contributed by atoms with Crippen molar-refractivity contribution in [3.8, 4) is 11.1 Å². The predicted molar refractivity (Wildman–Crippen MR) is 104 cm³/mol. The van der Waals surface area contributed by atoms with Gasteiger partial charge in [0, 0.05) is 37.6 Å². The van der Waals surface area contributed by atoms with Crippen LogP contribution in [0.4, 0.5) is 8.78 Å².